The SMILES string of the molecule is O=C(Nc1ccc2c(c1)OCCO2)c1cccc(S(=O)(=O)NCc2ccccc2)c1. The Kier molecular flexibility index (Phi) is 5.69. The number of carbonyl (C=O) groups excluding carboxylic acids is 1. The van der Waals surface area contributed by atoms with Gasteiger partial charge >= 0.3 is 0 Å². The number of carbonyl (C=O) groups is 1. The smallest absolute Gasteiger partial charge is 0.255 e. The van der Waals surface area contributed by atoms with Gasteiger partial charge in [0, 0.05) is 23.9 Å². The Labute approximate surface area is 174 Å². The second kappa shape index (κ2) is 8.56. The monoisotopic (exact) mass is 424 g/mol. The van der Waals surface area contributed by atoms with Gasteiger partial charge in [0.25, 0.3) is 5.91 Å². The second-order valence-electron chi connectivity index (χ2n) is 6.65. The van der Waals surface area contributed by atoms with Crippen molar-refractivity contribution in [1.29, 1.82) is 0 Å². The van der Waals surface area contributed by atoms with E-state index in [0.717, 1.165) is 5.56 Å². The number of nitrogens with one attached hydrogen (secondary N) is 2. The summed E-state index contributed by atoms with van der Waals surface area (Å²) >= 11 is 0. The summed E-state index contributed by atoms with van der Waals surface area (Å²) < 4.78 is 38.8. The van der Waals surface area contributed by atoms with Crippen LogP contribution in [0.25, 0.3) is 0 Å². The summed E-state index contributed by atoms with van der Waals surface area (Å²) in [6, 6.07) is 20.2. The first-order valence-corrected chi connectivity index (χ1v) is 10.8. The molecule has 1 aliphatic heterocycles. The molecule has 2 N–H and O–H groups in total. The molecule has 4 rings (SSSR count). The van der Waals surface area contributed by atoms with Gasteiger partial charge in [0.05, 0.1) is 4.90 Å². The molecule has 0 fully saturated rings. The molecular weight excluding hydrogens is 404 g/mol. The van der Waals surface area contributed by atoms with Crippen LogP contribution < -0.4 is 19.5 Å². The van der Waals surface area contributed by atoms with E-state index < -0.39 is 15.9 Å². The van der Waals surface area contributed by atoms with E-state index in [1.54, 1.807) is 24.3 Å². The first kappa shape index (κ1) is 19.9. The molecule has 3 aromatic carbocycles. The Morgan fingerprint density at radius 3 is 2.43 bits per heavy atom. The van der Waals surface area contributed by atoms with E-state index in [1.807, 2.05) is 30.3 Å². The van der Waals surface area contributed by atoms with E-state index in [0.29, 0.717) is 30.4 Å². The average molecular weight is 424 g/mol. The number of hydrogen-bond donors (Lipinski definition) is 2. The van der Waals surface area contributed by atoms with Crippen LogP contribution in [-0.2, 0) is 16.6 Å². The fourth-order valence-electron chi connectivity index (χ4n) is 2.99. The highest BCUT2D eigenvalue weighted by Crippen LogP contribution is 2.32. The van der Waals surface area contributed by atoms with Crippen LogP contribution in [-0.4, -0.2) is 27.5 Å². The van der Waals surface area contributed by atoms with Gasteiger partial charge in [-0.25, -0.2) is 13.1 Å². The van der Waals surface area contributed by atoms with Crippen molar-refractivity contribution in [2.24, 2.45) is 0 Å². The lowest BCUT2D eigenvalue weighted by Crippen LogP contribution is -2.23. The quantitative estimate of drug-likeness (QED) is 0.634. The molecule has 30 heavy (non-hydrogen) atoms. The Bertz CT molecular complexity index is 1160. The summed E-state index contributed by atoms with van der Waals surface area (Å²) in [6.07, 6.45) is 0. The van der Waals surface area contributed by atoms with Gasteiger partial charge in [-0.05, 0) is 35.9 Å². The molecule has 7 nitrogen and oxygen atoms in total. The highest BCUT2D eigenvalue weighted by Gasteiger charge is 2.17. The van der Waals surface area contributed by atoms with Crippen LogP contribution in [0.5, 0.6) is 11.5 Å². The van der Waals surface area contributed by atoms with Crippen molar-refractivity contribution >= 4 is 21.6 Å². The Morgan fingerprint density at radius 1 is 0.867 bits per heavy atom. The summed E-state index contributed by atoms with van der Waals surface area (Å²) in [5.74, 6) is 0.754. The zero-order chi connectivity index (χ0) is 21.0. The first-order valence-electron chi connectivity index (χ1n) is 9.36. The largest absolute Gasteiger partial charge is 0.486 e. The molecule has 0 saturated heterocycles. The third-order valence-corrected chi connectivity index (χ3v) is 5.91. The topological polar surface area (TPSA) is 93.7 Å². The third-order valence-electron chi connectivity index (χ3n) is 4.52. The molecule has 0 saturated carbocycles. The molecule has 8 heteroatoms. The van der Waals surface area contributed by atoms with Crippen LogP contribution in [0, 0.1) is 0 Å². The van der Waals surface area contributed by atoms with Crippen molar-refractivity contribution in [3.05, 3.63) is 83.9 Å². The molecule has 0 atom stereocenters. The van der Waals surface area contributed by atoms with Gasteiger partial charge in [-0.2, -0.15) is 0 Å². The van der Waals surface area contributed by atoms with Crippen molar-refractivity contribution in [1.82, 2.24) is 4.72 Å². The van der Waals surface area contributed by atoms with Crippen molar-refractivity contribution < 1.29 is 22.7 Å². The number of rotatable bonds is 6. The molecule has 0 aromatic heterocycles. The van der Waals surface area contributed by atoms with Crippen LogP contribution in [0.1, 0.15) is 15.9 Å². The van der Waals surface area contributed by atoms with Gasteiger partial charge in [0.1, 0.15) is 13.2 Å². The highest BCUT2D eigenvalue weighted by atomic mass is 32.2. The first-order chi connectivity index (χ1) is 14.5. The van der Waals surface area contributed by atoms with Crippen molar-refractivity contribution in [2.45, 2.75) is 11.4 Å². The molecule has 154 valence electrons. The molecule has 0 radical (unpaired) electrons. The molecule has 0 spiro atoms. The van der Waals surface area contributed by atoms with E-state index in [1.165, 1.54) is 18.2 Å². The average Bonchev–Trinajstić information content (AvgIpc) is 2.78. The number of amides is 1. The highest BCUT2D eigenvalue weighted by molar-refractivity contribution is 7.89. The molecule has 1 amide bonds. The van der Waals surface area contributed by atoms with Crippen LogP contribution in [0.2, 0.25) is 0 Å². The van der Waals surface area contributed by atoms with E-state index in [2.05, 4.69) is 10.0 Å². The molecular formula is C22H20N2O5S. The molecule has 1 aliphatic rings. The number of hydrogen-bond acceptors (Lipinski definition) is 5. The van der Waals surface area contributed by atoms with Gasteiger partial charge in [-0.15, -0.1) is 0 Å². The number of sulfonamides is 1. The van der Waals surface area contributed by atoms with Crippen molar-refractivity contribution in [3.8, 4) is 11.5 Å². The minimum absolute atomic E-state index is 0.0215. The van der Waals surface area contributed by atoms with Gasteiger partial charge in [-0.1, -0.05) is 36.4 Å². The third kappa shape index (κ3) is 4.61. The van der Waals surface area contributed by atoms with Crippen molar-refractivity contribution in [2.75, 3.05) is 18.5 Å². The van der Waals surface area contributed by atoms with E-state index >= 15 is 0 Å². The summed E-state index contributed by atoms with van der Waals surface area (Å²) in [7, 11) is -3.77. The van der Waals surface area contributed by atoms with Crippen LogP contribution in [0.3, 0.4) is 0 Å². The molecule has 3 aromatic rings. The maximum atomic E-state index is 12.6. The second-order valence-corrected chi connectivity index (χ2v) is 8.42. The maximum absolute atomic E-state index is 12.6. The summed E-state index contributed by atoms with van der Waals surface area (Å²) in [6.45, 7) is 1.09. The van der Waals surface area contributed by atoms with Gasteiger partial charge < -0.3 is 14.8 Å². The minimum Gasteiger partial charge on any atom is -0.486 e. The van der Waals surface area contributed by atoms with Crippen LogP contribution in [0.15, 0.2) is 77.7 Å². The van der Waals surface area contributed by atoms with Crippen LogP contribution in [0.4, 0.5) is 5.69 Å². The van der Waals surface area contributed by atoms with E-state index in [-0.39, 0.29) is 17.0 Å². The maximum Gasteiger partial charge on any atom is 0.255 e. The number of ether oxygens (including phenoxy) is 2. The van der Waals surface area contributed by atoms with Gasteiger partial charge in [0.2, 0.25) is 10.0 Å². The predicted molar refractivity (Wildman–Crippen MR) is 112 cm³/mol. The normalized spacial score (nSPS) is 12.9. The Morgan fingerprint density at radius 2 is 1.63 bits per heavy atom. The summed E-state index contributed by atoms with van der Waals surface area (Å²) in [5, 5.41) is 2.76. The summed E-state index contributed by atoms with van der Waals surface area (Å²) in [5.41, 5.74) is 1.60. The van der Waals surface area contributed by atoms with E-state index in [4.69, 9.17) is 9.47 Å². The molecule has 0 unspecified atom stereocenters. The lowest BCUT2D eigenvalue weighted by atomic mass is 10.2. The number of anilines is 1. The Hall–Kier alpha value is -3.36. The molecule has 1 heterocycles. The lowest BCUT2D eigenvalue weighted by molar-refractivity contribution is 0.102. The zero-order valence-electron chi connectivity index (χ0n) is 16.0. The molecule has 0 bridgehead atoms. The lowest BCUT2D eigenvalue weighted by Gasteiger charge is -2.19. The predicted octanol–water partition coefficient (Wildman–Crippen LogP) is 3.19. The number of benzene rings is 3. The van der Waals surface area contributed by atoms with Gasteiger partial charge in [-0.3, -0.25) is 4.79 Å². The minimum atomic E-state index is -3.77. The summed E-state index contributed by atoms with van der Waals surface area (Å²) in [4.78, 5) is 12.7. The number of fused-ring (bicyclic) bond motifs is 1. The molecule has 0 aliphatic carbocycles. The van der Waals surface area contributed by atoms with Gasteiger partial charge in [0.15, 0.2) is 11.5 Å². The van der Waals surface area contributed by atoms with Crippen molar-refractivity contribution in [3.63, 3.8) is 0 Å². The van der Waals surface area contributed by atoms with E-state index in [9.17, 15) is 13.2 Å². The standard InChI is InChI=1S/C22H20N2O5S/c25-22(24-18-9-10-20-21(14-18)29-12-11-28-20)17-7-4-8-19(13-17)30(26,27)23-15-16-5-2-1-3-6-16/h1-10,13-14,23H,11-12,15H2,(H,24,25). The van der Waals surface area contributed by atoms with Crippen LogP contribution >= 0.6 is 0 Å². The Balaban J connectivity index is 1.47. The fourth-order valence-corrected chi connectivity index (χ4v) is 4.05. The zero-order valence-corrected chi connectivity index (χ0v) is 16.8. The fraction of sp³-hybridized carbons (Fsp3) is 0.136.